The second kappa shape index (κ2) is 8.19. The van der Waals surface area contributed by atoms with Gasteiger partial charge in [0.05, 0.1) is 5.56 Å². The molecule has 0 aromatic carbocycles. The first-order chi connectivity index (χ1) is 7.84. The Morgan fingerprint density at radius 2 is 2.00 bits per heavy atom. The van der Waals surface area contributed by atoms with Gasteiger partial charge in [-0.3, -0.25) is 9.78 Å². The van der Waals surface area contributed by atoms with Crippen LogP contribution in [0.4, 0.5) is 13.2 Å². The number of pyridine rings is 1. The van der Waals surface area contributed by atoms with Crippen molar-refractivity contribution in [2.24, 2.45) is 5.73 Å². The van der Waals surface area contributed by atoms with Gasteiger partial charge in [-0.25, -0.2) is 0 Å². The van der Waals surface area contributed by atoms with Gasteiger partial charge in [-0.2, -0.15) is 13.2 Å². The van der Waals surface area contributed by atoms with Crippen LogP contribution in [0.1, 0.15) is 23.0 Å². The number of amides is 1. The highest BCUT2D eigenvalue weighted by atomic mass is 35.5. The normalized spacial score (nSPS) is 11.8. The predicted molar refractivity (Wildman–Crippen MR) is 69.7 cm³/mol. The Balaban J connectivity index is 0. The molecule has 19 heavy (non-hydrogen) atoms. The molecule has 0 saturated heterocycles. The third-order valence-electron chi connectivity index (χ3n) is 2.05. The fourth-order valence-corrected chi connectivity index (χ4v) is 1.06. The summed E-state index contributed by atoms with van der Waals surface area (Å²) in [6.45, 7) is 1.94. The zero-order valence-corrected chi connectivity index (χ0v) is 11.5. The standard InChI is InChI=1S/C10H12F3N3O.2ClH/c1-6(4-14)16-9(17)7-2-3-8(15-5-7)10(11,12)13;;/h2-3,5-6H,4,14H2,1H3,(H,16,17);2*1H/t6-;;/m1../s1. The summed E-state index contributed by atoms with van der Waals surface area (Å²) in [6, 6.07) is 1.60. The summed E-state index contributed by atoms with van der Waals surface area (Å²) < 4.78 is 36.6. The van der Waals surface area contributed by atoms with Crippen LogP contribution in [0.15, 0.2) is 18.3 Å². The van der Waals surface area contributed by atoms with Crippen LogP contribution >= 0.6 is 24.8 Å². The number of nitrogens with one attached hydrogen (secondary N) is 1. The average molecular weight is 320 g/mol. The van der Waals surface area contributed by atoms with E-state index in [0.717, 1.165) is 18.3 Å². The lowest BCUT2D eigenvalue weighted by Gasteiger charge is -2.11. The van der Waals surface area contributed by atoms with Gasteiger partial charge in [-0.05, 0) is 19.1 Å². The molecule has 3 N–H and O–H groups in total. The van der Waals surface area contributed by atoms with Crippen LogP contribution in [0.25, 0.3) is 0 Å². The van der Waals surface area contributed by atoms with Gasteiger partial charge < -0.3 is 11.1 Å². The Hall–Kier alpha value is -1.05. The molecule has 1 rings (SSSR count). The molecule has 4 nitrogen and oxygen atoms in total. The van der Waals surface area contributed by atoms with Gasteiger partial charge in [0.1, 0.15) is 5.69 Å². The third-order valence-corrected chi connectivity index (χ3v) is 2.05. The molecular weight excluding hydrogens is 306 g/mol. The molecule has 0 aliphatic heterocycles. The quantitative estimate of drug-likeness (QED) is 0.895. The number of halogens is 5. The lowest BCUT2D eigenvalue weighted by molar-refractivity contribution is -0.141. The molecule has 0 saturated carbocycles. The largest absolute Gasteiger partial charge is 0.433 e. The SMILES string of the molecule is C[C@H](CN)NC(=O)c1ccc(C(F)(F)F)nc1.Cl.Cl. The van der Waals surface area contributed by atoms with Crippen molar-refractivity contribution in [2.45, 2.75) is 19.1 Å². The van der Waals surface area contributed by atoms with Crippen LogP contribution in [-0.2, 0) is 6.18 Å². The lowest BCUT2D eigenvalue weighted by Crippen LogP contribution is -2.37. The second-order valence-electron chi connectivity index (χ2n) is 3.54. The van der Waals surface area contributed by atoms with Gasteiger partial charge in [0.2, 0.25) is 0 Å². The Labute approximate surface area is 120 Å². The predicted octanol–water partition coefficient (Wildman–Crippen LogP) is 2.02. The number of carbonyl (C=O) groups excluding carboxylic acids is 1. The Bertz CT molecular complexity index is 398. The molecule has 110 valence electrons. The summed E-state index contributed by atoms with van der Waals surface area (Å²) in [5.74, 6) is -0.496. The van der Waals surface area contributed by atoms with Crippen molar-refractivity contribution < 1.29 is 18.0 Å². The number of aromatic nitrogens is 1. The van der Waals surface area contributed by atoms with Crippen molar-refractivity contribution in [3.8, 4) is 0 Å². The summed E-state index contributed by atoms with van der Waals surface area (Å²) in [6.07, 6.45) is -3.61. The molecule has 0 radical (unpaired) electrons. The van der Waals surface area contributed by atoms with E-state index in [9.17, 15) is 18.0 Å². The first-order valence-corrected chi connectivity index (χ1v) is 4.88. The van der Waals surface area contributed by atoms with Gasteiger partial charge in [-0.1, -0.05) is 0 Å². The molecule has 1 atom stereocenters. The molecule has 0 aliphatic carbocycles. The van der Waals surface area contributed by atoms with Crippen LogP contribution in [0, 0.1) is 0 Å². The van der Waals surface area contributed by atoms with Crippen LogP contribution in [-0.4, -0.2) is 23.5 Å². The van der Waals surface area contributed by atoms with Gasteiger partial charge in [0, 0.05) is 18.8 Å². The topological polar surface area (TPSA) is 68.0 Å². The smallest absolute Gasteiger partial charge is 0.348 e. The van der Waals surface area contributed by atoms with Crippen LogP contribution in [0.3, 0.4) is 0 Å². The molecule has 0 fully saturated rings. The molecule has 0 unspecified atom stereocenters. The van der Waals surface area contributed by atoms with Crippen LogP contribution in [0.5, 0.6) is 0 Å². The summed E-state index contributed by atoms with van der Waals surface area (Å²) in [5, 5.41) is 2.52. The number of nitrogens with zero attached hydrogens (tertiary/aromatic N) is 1. The monoisotopic (exact) mass is 319 g/mol. The Morgan fingerprint density at radius 1 is 1.42 bits per heavy atom. The summed E-state index contributed by atoms with van der Waals surface area (Å²) >= 11 is 0. The van der Waals surface area contributed by atoms with E-state index in [1.165, 1.54) is 0 Å². The van der Waals surface area contributed by atoms with Crippen molar-refractivity contribution in [1.29, 1.82) is 0 Å². The minimum atomic E-state index is -4.50. The van der Waals surface area contributed by atoms with E-state index >= 15 is 0 Å². The minimum Gasteiger partial charge on any atom is -0.348 e. The lowest BCUT2D eigenvalue weighted by atomic mass is 10.2. The molecule has 0 spiro atoms. The number of carbonyl (C=O) groups is 1. The number of alkyl halides is 3. The Kier molecular flexibility index (Phi) is 8.73. The van der Waals surface area contributed by atoms with E-state index in [-0.39, 0.29) is 43.0 Å². The number of hydrogen-bond acceptors (Lipinski definition) is 3. The van der Waals surface area contributed by atoms with Crippen molar-refractivity contribution in [2.75, 3.05) is 6.54 Å². The molecule has 1 amide bonds. The molecule has 0 aliphatic rings. The van der Waals surface area contributed by atoms with Crippen molar-refractivity contribution in [1.82, 2.24) is 10.3 Å². The van der Waals surface area contributed by atoms with Crippen molar-refractivity contribution >= 4 is 30.7 Å². The van der Waals surface area contributed by atoms with Crippen LogP contribution in [0.2, 0.25) is 0 Å². The van der Waals surface area contributed by atoms with E-state index in [2.05, 4.69) is 10.3 Å². The summed E-state index contributed by atoms with van der Waals surface area (Å²) in [7, 11) is 0. The molecule has 0 bridgehead atoms. The van der Waals surface area contributed by atoms with Crippen LogP contribution < -0.4 is 11.1 Å². The zero-order chi connectivity index (χ0) is 13.1. The molecule has 1 aromatic heterocycles. The molecule has 1 heterocycles. The van der Waals surface area contributed by atoms with Crippen molar-refractivity contribution in [3.63, 3.8) is 0 Å². The van der Waals surface area contributed by atoms with E-state index in [1.54, 1.807) is 6.92 Å². The molecule has 1 aromatic rings. The van der Waals surface area contributed by atoms with Gasteiger partial charge in [0.25, 0.3) is 5.91 Å². The van der Waals surface area contributed by atoms with E-state index in [1.807, 2.05) is 0 Å². The second-order valence-corrected chi connectivity index (χ2v) is 3.54. The molecule has 9 heteroatoms. The summed E-state index contributed by atoms with van der Waals surface area (Å²) in [4.78, 5) is 14.7. The van der Waals surface area contributed by atoms with E-state index in [4.69, 9.17) is 5.73 Å². The van der Waals surface area contributed by atoms with E-state index < -0.39 is 17.8 Å². The Morgan fingerprint density at radius 3 is 2.37 bits per heavy atom. The highest BCUT2D eigenvalue weighted by molar-refractivity contribution is 5.94. The maximum Gasteiger partial charge on any atom is 0.433 e. The van der Waals surface area contributed by atoms with Gasteiger partial charge >= 0.3 is 6.18 Å². The number of hydrogen-bond donors (Lipinski definition) is 2. The third kappa shape index (κ3) is 6.09. The van der Waals surface area contributed by atoms with Gasteiger partial charge in [0.15, 0.2) is 0 Å². The fourth-order valence-electron chi connectivity index (χ4n) is 1.06. The average Bonchev–Trinajstić information content (AvgIpc) is 2.27. The van der Waals surface area contributed by atoms with Gasteiger partial charge in [-0.15, -0.1) is 24.8 Å². The highest BCUT2D eigenvalue weighted by Gasteiger charge is 2.32. The van der Waals surface area contributed by atoms with Crippen molar-refractivity contribution in [3.05, 3.63) is 29.6 Å². The fraction of sp³-hybridized carbons (Fsp3) is 0.400. The number of rotatable bonds is 3. The number of nitrogens with two attached hydrogens (primary N) is 1. The summed E-state index contributed by atoms with van der Waals surface area (Å²) in [5.41, 5.74) is 4.34. The maximum absolute atomic E-state index is 12.2. The highest BCUT2D eigenvalue weighted by Crippen LogP contribution is 2.27. The first kappa shape index (κ1) is 20.3. The maximum atomic E-state index is 12.2. The zero-order valence-electron chi connectivity index (χ0n) is 9.90. The van der Waals surface area contributed by atoms with E-state index in [0.29, 0.717) is 0 Å². The minimum absolute atomic E-state index is 0. The molecular formula is C10H14Cl2F3N3O. The first-order valence-electron chi connectivity index (χ1n) is 4.88.